The van der Waals surface area contributed by atoms with E-state index in [1.807, 2.05) is 6.08 Å². The molecule has 3 aliphatic heterocycles. The van der Waals surface area contributed by atoms with Gasteiger partial charge in [0.15, 0.2) is 18.9 Å². The van der Waals surface area contributed by atoms with Gasteiger partial charge in [-0.05, 0) is 64.2 Å². The Morgan fingerprint density at radius 3 is 1.26 bits per heavy atom. The molecule has 17 atom stereocenters. The molecule has 1 amide bonds. The molecule has 87 heavy (non-hydrogen) atoms. The van der Waals surface area contributed by atoms with Gasteiger partial charge in [-0.3, -0.25) is 4.79 Å². The van der Waals surface area contributed by atoms with Gasteiger partial charge in [-0.2, -0.15) is 0 Å². The molecule has 12 N–H and O–H groups in total. The van der Waals surface area contributed by atoms with Crippen molar-refractivity contribution in [2.45, 2.75) is 336 Å². The lowest BCUT2D eigenvalue weighted by Gasteiger charge is -2.48. The fraction of sp³-hybridized carbons (Fsp3) is 0.838. The van der Waals surface area contributed by atoms with Gasteiger partial charge in [0.25, 0.3) is 0 Å². The molecule has 506 valence electrons. The standard InChI is InChI=1S/C68H121NO18/c1-3-5-7-9-11-12-13-14-15-16-17-18-19-20-21-22-23-24-25-26-27-28-29-30-31-32-33-34-35-36-37-38-40-42-44-46-56(74)69-51(52(73)45-43-41-39-10-8-6-4-2)50-82-66-62(80)59(77)64(54(48-71)84-66)87-68-63(81)60(78)65(55(49-72)85-68)86-67-61(79)58(76)57(75)53(47-70)83-67/h8,10,13-14,16-17,19-20,43,45,51-55,57-68,70-73,75-81H,3-7,9,11-12,15,18,21-42,44,46-50H2,1-2H3,(H,69,74)/b10-8+,14-13-,17-16-,20-19-,45-43+. The molecule has 3 aliphatic rings. The van der Waals surface area contributed by atoms with Gasteiger partial charge < -0.3 is 89.9 Å². The largest absolute Gasteiger partial charge is 0.394 e. The van der Waals surface area contributed by atoms with Crippen molar-refractivity contribution in [2.24, 2.45) is 0 Å². The SMILES string of the molecule is CCC/C=C/CC/C=C/C(O)C(COC1OC(CO)C(OC2OC(CO)C(OC3OC(CO)C(O)C(O)C3O)C(O)C2O)C(O)C1O)NC(=O)CCCCCCCCCCCCCCCCCCCCCC/C=C\C/C=C\C/C=C\CCCCCCC. The number of ether oxygens (including phenoxy) is 6. The Morgan fingerprint density at radius 2 is 0.793 bits per heavy atom. The third-order valence-corrected chi connectivity index (χ3v) is 16.8. The third kappa shape index (κ3) is 32.6. The van der Waals surface area contributed by atoms with Gasteiger partial charge in [-0.1, -0.05) is 222 Å². The Balaban J connectivity index is 1.28. The first-order valence-electron chi connectivity index (χ1n) is 34.0. The van der Waals surface area contributed by atoms with Crippen molar-refractivity contribution >= 4 is 5.91 Å². The minimum atomic E-state index is -1.98. The summed E-state index contributed by atoms with van der Waals surface area (Å²) >= 11 is 0. The molecule has 0 saturated carbocycles. The van der Waals surface area contributed by atoms with Crippen LogP contribution in [0.15, 0.2) is 60.8 Å². The minimum Gasteiger partial charge on any atom is -0.394 e. The Hall–Kier alpha value is -2.51. The zero-order valence-corrected chi connectivity index (χ0v) is 53.2. The van der Waals surface area contributed by atoms with Crippen molar-refractivity contribution in [3.8, 4) is 0 Å². The molecule has 0 bridgehead atoms. The van der Waals surface area contributed by atoms with Gasteiger partial charge in [-0.25, -0.2) is 0 Å². The molecule has 3 fully saturated rings. The lowest BCUT2D eigenvalue weighted by atomic mass is 9.96. The number of carbonyl (C=O) groups is 1. The van der Waals surface area contributed by atoms with Crippen LogP contribution >= 0.6 is 0 Å². The number of carbonyl (C=O) groups excluding carboxylic acids is 1. The predicted octanol–water partition coefficient (Wildman–Crippen LogP) is 8.38. The summed E-state index contributed by atoms with van der Waals surface area (Å²) in [6.07, 6.45) is 34.3. The van der Waals surface area contributed by atoms with E-state index in [4.69, 9.17) is 28.4 Å². The number of nitrogens with one attached hydrogen (secondary N) is 1. The topological polar surface area (TPSA) is 307 Å². The first kappa shape index (κ1) is 78.7. The molecule has 3 saturated heterocycles. The van der Waals surface area contributed by atoms with Crippen molar-refractivity contribution in [3.63, 3.8) is 0 Å². The summed E-state index contributed by atoms with van der Waals surface area (Å²) < 4.78 is 34.1. The Morgan fingerprint density at radius 1 is 0.414 bits per heavy atom. The maximum Gasteiger partial charge on any atom is 0.220 e. The summed E-state index contributed by atoms with van der Waals surface area (Å²) in [5.41, 5.74) is 0. The highest BCUT2D eigenvalue weighted by molar-refractivity contribution is 5.76. The average molecular weight is 1240 g/mol. The number of aliphatic hydroxyl groups is 11. The molecule has 0 aromatic heterocycles. The quantitative estimate of drug-likeness (QED) is 0.0201. The summed E-state index contributed by atoms with van der Waals surface area (Å²) in [4.78, 5) is 13.3. The molecule has 0 spiro atoms. The molecule has 0 aromatic carbocycles. The van der Waals surface area contributed by atoms with E-state index in [1.165, 1.54) is 148 Å². The molecule has 19 heteroatoms. The van der Waals surface area contributed by atoms with Crippen LogP contribution in [0.1, 0.15) is 232 Å². The normalized spacial score (nSPS) is 29.0. The van der Waals surface area contributed by atoms with E-state index in [1.54, 1.807) is 6.08 Å². The minimum absolute atomic E-state index is 0.235. The van der Waals surface area contributed by atoms with Crippen molar-refractivity contribution in [1.29, 1.82) is 0 Å². The zero-order chi connectivity index (χ0) is 63.3. The highest BCUT2D eigenvalue weighted by atomic mass is 16.8. The van der Waals surface area contributed by atoms with Crippen LogP contribution in [0.5, 0.6) is 0 Å². The molecule has 3 heterocycles. The summed E-state index contributed by atoms with van der Waals surface area (Å²) in [5.74, 6) is -0.290. The second kappa shape index (κ2) is 50.1. The van der Waals surface area contributed by atoms with Gasteiger partial charge in [0.05, 0.1) is 38.6 Å². The van der Waals surface area contributed by atoms with Crippen molar-refractivity contribution in [2.75, 3.05) is 26.4 Å². The number of hydrogen-bond acceptors (Lipinski definition) is 18. The van der Waals surface area contributed by atoms with Crippen LogP contribution in [0, 0.1) is 0 Å². The summed E-state index contributed by atoms with van der Waals surface area (Å²) in [6, 6.07) is -0.987. The zero-order valence-electron chi connectivity index (χ0n) is 53.2. The van der Waals surface area contributed by atoms with Crippen molar-refractivity contribution in [1.82, 2.24) is 5.32 Å². The smallest absolute Gasteiger partial charge is 0.220 e. The second-order valence-corrected chi connectivity index (χ2v) is 24.3. The summed E-state index contributed by atoms with van der Waals surface area (Å²) in [7, 11) is 0. The van der Waals surface area contributed by atoms with Crippen LogP contribution in [-0.4, -0.2) is 193 Å². The molecular formula is C68H121NO18. The molecule has 3 rings (SSSR count). The molecule has 17 unspecified atom stereocenters. The number of hydrogen-bond donors (Lipinski definition) is 12. The fourth-order valence-corrected chi connectivity index (χ4v) is 11.2. The van der Waals surface area contributed by atoms with Gasteiger partial charge in [0.2, 0.25) is 5.91 Å². The molecule has 0 aliphatic carbocycles. The van der Waals surface area contributed by atoms with E-state index in [2.05, 4.69) is 67.8 Å². The number of rotatable bonds is 51. The summed E-state index contributed by atoms with van der Waals surface area (Å²) in [5, 5.41) is 120. The molecule has 0 aromatic rings. The predicted molar refractivity (Wildman–Crippen MR) is 337 cm³/mol. The first-order valence-corrected chi connectivity index (χ1v) is 34.0. The van der Waals surface area contributed by atoms with Gasteiger partial charge in [0, 0.05) is 6.42 Å². The highest BCUT2D eigenvalue weighted by Crippen LogP contribution is 2.33. The maximum absolute atomic E-state index is 13.3. The fourth-order valence-electron chi connectivity index (χ4n) is 11.2. The van der Waals surface area contributed by atoms with Gasteiger partial charge in [-0.15, -0.1) is 0 Å². The molecule has 0 radical (unpaired) electrons. The second-order valence-electron chi connectivity index (χ2n) is 24.3. The van der Waals surface area contributed by atoms with Crippen LogP contribution in [0.2, 0.25) is 0 Å². The lowest BCUT2D eigenvalue weighted by Crippen LogP contribution is -2.66. The maximum atomic E-state index is 13.3. The average Bonchev–Trinajstić information content (AvgIpc) is 3.72. The Kier molecular flexibility index (Phi) is 45.3. The van der Waals surface area contributed by atoms with Gasteiger partial charge in [0.1, 0.15) is 73.2 Å². The summed E-state index contributed by atoms with van der Waals surface area (Å²) in [6.45, 7) is 1.57. The molecular weight excluding hydrogens is 1120 g/mol. The van der Waals surface area contributed by atoms with Crippen LogP contribution in [0.4, 0.5) is 0 Å². The van der Waals surface area contributed by atoms with Crippen LogP contribution in [0.3, 0.4) is 0 Å². The first-order chi connectivity index (χ1) is 42.3. The van der Waals surface area contributed by atoms with Crippen LogP contribution in [0.25, 0.3) is 0 Å². The van der Waals surface area contributed by atoms with Crippen molar-refractivity contribution < 1.29 is 89.4 Å². The monoisotopic (exact) mass is 1240 g/mol. The van der Waals surface area contributed by atoms with E-state index >= 15 is 0 Å². The number of amides is 1. The van der Waals surface area contributed by atoms with Crippen LogP contribution in [-0.2, 0) is 33.2 Å². The Bertz CT molecular complexity index is 1820. The lowest BCUT2D eigenvalue weighted by molar-refractivity contribution is -0.379. The molecule has 19 nitrogen and oxygen atoms in total. The number of aliphatic hydroxyl groups excluding tert-OH is 11. The van der Waals surface area contributed by atoms with Crippen LogP contribution < -0.4 is 5.32 Å². The number of unbranched alkanes of at least 4 members (excludes halogenated alkanes) is 27. The van der Waals surface area contributed by atoms with Crippen molar-refractivity contribution in [3.05, 3.63) is 60.8 Å². The highest BCUT2D eigenvalue weighted by Gasteiger charge is 2.53. The number of allylic oxidation sites excluding steroid dienone is 9. The van der Waals surface area contributed by atoms with E-state index < -0.39 is 124 Å². The van der Waals surface area contributed by atoms with E-state index in [9.17, 15) is 61.0 Å². The van der Waals surface area contributed by atoms with Gasteiger partial charge >= 0.3 is 0 Å². The van der Waals surface area contributed by atoms with E-state index in [0.29, 0.717) is 12.8 Å². The Labute approximate surface area is 522 Å². The third-order valence-electron chi connectivity index (χ3n) is 16.8. The van der Waals surface area contributed by atoms with E-state index in [-0.39, 0.29) is 18.9 Å². The van der Waals surface area contributed by atoms with E-state index in [0.717, 1.165) is 51.4 Å².